The normalized spacial score (nSPS) is 22.0. The molecule has 2 heteroatoms. The number of allylic oxidation sites excluding steroid dienone is 2. The fourth-order valence-corrected chi connectivity index (χ4v) is 4.36. The van der Waals surface area contributed by atoms with Crippen molar-refractivity contribution >= 4 is 5.97 Å². The largest absolute Gasteiger partial charge is 0.481 e. The Morgan fingerprint density at radius 1 is 1.00 bits per heavy atom. The second-order valence-corrected chi connectivity index (χ2v) is 8.87. The zero-order valence-corrected chi connectivity index (χ0v) is 18.7. The second-order valence-electron chi connectivity index (χ2n) is 8.87. The lowest BCUT2D eigenvalue weighted by Gasteiger charge is -2.34. The number of aliphatic carboxylic acids is 1. The fraction of sp³-hybridized carbons (Fsp3) is 0.593. The maximum atomic E-state index is 11.4. The van der Waals surface area contributed by atoms with Gasteiger partial charge in [-0.2, -0.15) is 0 Å². The molecule has 1 aromatic carbocycles. The summed E-state index contributed by atoms with van der Waals surface area (Å²) in [5, 5.41) is 9.40. The minimum Gasteiger partial charge on any atom is -0.481 e. The summed E-state index contributed by atoms with van der Waals surface area (Å²) in [7, 11) is 0. The van der Waals surface area contributed by atoms with E-state index in [-0.39, 0.29) is 5.41 Å². The van der Waals surface area contributed by atoms with Crippen LogP contribution in [0.5, 0.6) is 0 Å². The smallest absolute Gasteiger partial charge is 0.314 e. The summed E-state index contributed by atoms with van der Waals surface area (Å²) in [6.07, 6.45) is 20.5. The summed E-state index contributed by atoms with van der Waals surface area (Å²) in [5.74, 6) is -0.621. The average Bonchev–Trinajstić information content (AvgIpc) is 2.73. The van der Waals surface area contributed by atoms with Crippen LogP contribution in [0, 0.1) is 11.8 Å². The highest BCUT2D eigenvalue weighted by Crippen LogP contribution is 2.39. The molecule has 0 unspecified atom stereocenters. The first kappa shape index (κ1) is 23.4. The monoisotopic (exact) mass is 396 g/mol. The van der Waals surface area contributed by atoms with Crippen LogP contribution in [0.2, 0.25) is 0 Å². The molecule has 0 fully saturated rings. The van der Waals surface area contributed by atoms with Gasteiger partial charge in [-0.1, -0.05) is 121 Å². The highest BCUT2D eigenvalue weighted by atomic mass is 16.4. The van der Waals surface area contributed by atoms with Crippen LogP contribution in [0.4, 0.5) is 0 Å². The van der Waals surface area contributed by atoms with Gasteiger partial charge in [0.15, 0.2) is 0 Å². The highest BCUT2D eigenvalue weighted by molar-refractivity contribution is 5.75. The van der Waals surface area contributed by atoms with Crippen molar-refractivity contribution < 1.29 is 9.90 Å². The first-order valence-corrected chi connectivity index (χ1v) is 11.7. The average molecular weight is 397 g/mol. The van der Waals surface area contributed by atoms with Crippen molar-refractivity contribution in [1.82, 2.24) is 0 Å². The molecule has 0 saturated carbocycles. The maximum Gasteiger partial charge on any atom is 0.314 e. The molecule has 1 aliphatic carbocycles. The molecule has 0 spiro atoms. The zero-order chi connectivity index (χ0) is 21.1. The predicted octanol–water partition coefficient (Wildman–Crippen LogP) is 7.48. The van der Waals surface area contributed by atoms with Gasteiger partial charge in [-0.15, -0.1) is 0 Å². The summed E-state index contributed by atoms with van der Waals surface area (Å²) in [4.78, 5) is 11.4. The Hall–Kier alpha value is -1.83. The van der Waals surface area contributed by atoms with Crippen molar-refractivity contribution in [3.8, 4) is 0 Å². The SMILES string of the molecule is CCCCCCCCCC1(c2ccccc2C[C@@H](C)CC)C=CC(C(=O)O)C=C1. The van der Waals surface area contributed by atoms with Gasteiger partial charge in [0.25, 0.3) is 0 Å². The number of hydrogen-bond acceptors (Lipinski definition) is 1. The Balaban J connectivity index is 2.18. The molecule has 2 nitrogen and oxygen atoms in total. The Kier molecular flexibility index (Phi) is 9.70. The predicted molar refractivity (Wildman–Crippen MR) is 123 cm³/mol. The number of hydrogen-bond donors (Lipinski definition) is 1. The van der Waals surface area contributed by atoms with E-state index >= 15 is 0 Å². The van der Waals surface area contributed by atoms with Crippen LogP contribution in [-0.2, 0) is 16.6 Å². The van der Waals surface area contributed by atoms with Gasteiger partial charge >= 0.3 is 5.97 Å². The van der Waals surface area contributed by atoms with E-state index in [0.717, 1.165) is 12.8 Å². The molecule has 1 N–H and O–H groups in total. The van der Waals surface area contributed by atoms with Gasteiger partial charge in [-0.05, 0) is 29.9 Å². The molecular formula is C27H40O2. The molecule has 1 aliphatic rings. The van der Waals surface area contributed by atoms with Gasteiger partial charge in [0.2, 0.25) is 0 Å². The Morgan fingerprint density at radius 3 is 2.24 bits per heavy atom. The Labute approximate surface area is 178 Å². The van der Waals surface area contributed by atoms with E-state index in [0.29, 0.717) is 5.92 Å². The van der Waals surface area contributed by atoms with Crippen molar-refractivity contribution in [3.63, 3.8) is 0 Å². The molecule has 0 amide bonds. The van der Waals surface area contributed by atoms with E-state index < -0.39 is 11.9 Å². The standard InChI is InChI=1S/C27H40O2/c1-4-6-7-8-9-10-13-18-27(19-16-23(17-20-27)26(28)29)25-15-12-11-14-24(25)21-22(3)5-2/h11-12,14-17,19-20,22-23H,4-10,13,18,21H2,1-3H3,(H,28,29)/t22-,23?,27?/m0/s1. The number of benzene rings is 1. The molecule has 0 bridgehead atoms. The molecule has 29 heavy (non-hydrogen) atoms. The lowest BCUT2D eigenvalue weighted by atomic mass is 9.70. The Morgan fingerprint density at radius 2 is 1.62 bits per heavy atom. The van der Waals surface area contributed by atoms with Gasteiger partial charge in [0.05, 0.1) is 5.92 Å². The molecule has 0 aromatic heterocycles. The number of rotatable bonds is 13. The van der Waals surface area contributed by atoms with E-state index in [4.69, 9.17) is 0 Å². The lowest BCUT2D eigenvalue weighted by molar-refractivity contribution is -0.138. The molecule has 2 rings (SSSR count). The van der Waals surface area contributed by atoms with E-state index in [1.54, 1.807) is 0 Å². The van der Waals surface area contributed by atoms with Crippen molar-refractivity contribution in [1.29, 1.82) is 0 Å². The summed E-state index contributed by atoms with van der Waals surface area (Å²) in [6, 6.07) is 8.79. The lowest BCUT2D eigenvalue weighted by Crippen LogP contribution is -2.27. The van der Waals surface area contributed by atoms with Crippen LogP contribution in [0.1, 0.15) is 89.7 Å². The van der Waals surface area contributed by atoms with Crippen LogP contribution in [0.3, 0.4) is 0 Å². The first-order valence-electron chi connectivity index (χ1n) is 11.7. The third-order valence-corrected chi connectivity index (χ3v) is 6.47. The zero-order valence-electron chi connectivity index (χ0n) is 18.7. The molecule has 0 radical (unpaired) electrons. The van der Waals surface area contributed by atoms with Gasteiger partial charge in [-0.25, -0.2) is 0 Å². The number of carboxylic acids is 1. The summed E-state index contributed by atoms with van der Waals surface area (Å²) < 4.78 is 0. The van der Waals surface area contributed by atoms with Crippen LogP contribution < -0.4 is 0 Å². The number of carbonyl (C=O) groups is 1. The highest BCUT2D eigenvalue weighted by Gasteiger charge is 2.32. The van der Waals surface area contributed by atoms with E-state index in [1.165, 1.54) is 62.5 Å². The fourth-order valence-electron chi connectivity index (χ4n) is 4.36. The topological polar surface area (TPSA) is 37.3 Å². The molecule has 160 valence electrons. The van der Waals surface area contributed by atoms with Crippen molar-refractivity contribution in [2.75, 3.05) is 0 Å². The van der Waals surface area contributed by atoms with Crippen LogP contribution >= 0.6 is 0 Å². The minimum absolute atomic E-state index is 0.167. The summed E-state index contributed by atoms with van der Waals surface area (Å²) >= 11 is 0. The van der Waals surface area contributed by atoms with Crippen LogP contribution in [0.15, 0.2) is 48.6 Å². The van der Waals surface area contributed by atoms with E-state index in [1.807, 2.05) is 12.2 Å². The number of carboxylic acid groups (broad SMARTS) is 1. The summed E-state index contributed by atoms with van der Waals surface area (Å²) in [5.41, 5.74) is 2.61. The van der Waals surface area contributed by atoms with Crippen LogP contribution in [0.25, 0.3) is 0 Å². The minimum atomic E-state index is -0.769. The molecule has 1 aromatic rings. The quantitative estimate of drug-likeness (QED) is 0.277. The van der Waals surface area contributed by atoms with E-state index in [9.17, 15) is 9.90 Å². The molecule has 0 aliphatic heterocycles. The van der Waals surface area contributed by atoms with E-state index in [2.05, 4.69) is 57.2 Å². The maximum absolute atomic E-state index is 11.4. The van der Waals surface area contributed by atoms with Gasteiger partial charge in [0, 0.05) is 5.41 Å². The van der Waals surface area contributed by atoms with Gasteiger partial charge in [0.1, 0.15) is 0 Å². The second kappa shape index (κ2) is 12.0. The molecule has 1 atom stereocenters. The van der Waals surface area contributed by atoms with Gasteiger partial charge in [-0.3, -0.25) is 4.79 Å². The van der Waals surface area contributed by atoms with Crippen molar-refractivity contribution in [3.05, 3.63) is 59.7 Å². The van der Waals surface area contributed by atoms with Crippen LogP contribution in [-0.4, -0.2) is 11.1 Å². The summed E-state index contributed by atoms with van der Waals surface area (Å²) in [6.45, 7) is 6.82. The number of unbranched alkanes of at least 4 members (excludes halogenated alkanes) is 6. The molecular weight excluding hydrogens is 356 g/mol. The Bertz CT molecular complexity index is 672. The third-order valence-electron chi connectivity index (χ3n) is 6.47. The molecule has 0 heterocycles. The van der Waals surface area contributed by atoms with Gasteiger partial charge < -0.3 is 5.11 Å². The third kappa shape index (κ3) is 6.87. The van der Waals surface area contributed by atoms with Crippen molar-refractivity contribution in [2.24, 2.45) is 11.8 Å². The molecule has 0 saturated heterocycles. The first-order chi connectivity index (χ1) is 14.0. The van der Waals surface area contributed by atoms with Crippen molar-refractivity contribution in [2.45, 2.75) is 90.4 Å².